The third-order valence-corrected chi connectivity index (χ3v) is 6.62. The Balaban J connectivity index is 1.19. The molecule has 0 bridgehead atoms. The van der Waals surface area contributed by atoms with E-state index in [1.54, 1.807) is 0 Å². The van der Waals surface area contributed by atoms with Gasteiger partial charge in [0, 0.05) is 30.4 Å². The molecular formula is C27H32N4O2. The van der Waals surface area contributed by atoms with Gasteiger partial charge in [0.15, 0.2) is 0 Å². The number of hydrogen-bond donors (Lipinski definition) is 0. The second-order valence-corrected chi connectivity index (χ2v) is 9.24. The van der Waals surface area contributed by atoms with E-state index in [1.165, 1.54) is 18.5 Å². The summed E-state index contributed by atoms with van der Waals surface area (Å²) in [7, 11) is 4.31. The first-order valence-electron chi connectivity index (χ1n) is 11.9. The topological polar surface area (TPSA) is 54.6 Å². The zero-order chi connectivity index (χ0) is 22.6. The number of allylic oxidation sites excluding steroid dienone is 1. The van der Waals surface area contributed by atoms with E-state index in [0.29, 0.717) is 24.2 Å². The molecule has 1 aliphatic heterocycles. The molecule has 0 amide bonds. The maximum Gasteiger partial charge on any atom is 0.247 e. The van der Waals surface area contributed by atoms with Crippen LogP contribution in [0.25, 0.3) is 11.5 Å². The van der Waals surface area contributed by atoms with Crippen molar-refractivity contribution in [2.45, 2.75) is 44.2 Å². The zero-order valence-corrected chi connectivity index (χ0v) is 19.5. The quantitative estimate of drug-likeness (QED) is 0.481. The normalized spacial score (nSPS) is 20.5. The minimum absolute atomic E-state index is 0.189. The van der Waals surface area contributed by atoms with Crippen molar-refractivity contribution in [3.05, 3.63) is 72.1 Å². The Morgan fingerprint density at radius 3 is 2.55 bits per heavy atom. The summed E-state index contributed by atoms with van der Waals surface area (Å²) in [6.45, 7) is 2.16. The van der Waals surface area contributed by atoms with Crippen LogP contribution in [0.4, 0.5) is 5.69 Å². The first kappa shape index (κ1) is 21.7. The van der Waals surface area contributed by atoms with Gasteiger partial charge >= 0.3 is 0 Å². The summed E-state index contributed by atoms with van der Waals surface area (Å²) >= 11 is 0. The number of nitrogens with zero attached hydrogens (tertiary/aromatic N) is 4. The van der Waals surface area contributed by atoms with Crippen molar-refractivity contribution in [1.29, 1.82) is 0 Å². The van der Waals surface area contributed by atoms with Crippen molar-refractivity contribution in [2.24, 2.45) is 0 Å². The minimum atomic E-state index is 0.189. The van der Waals surface area contributed by atoms with Gasteiger partial charge < -0.3 is 19.0 Å². The van der Waals surface area contributed by atoms with Gasteiger partial charge in [-0.3, -0.25) is 0 Å². The van der Waals surface area contributed by atoms with Gasteiger partial charge in [0.2, 0.25) is 11.8 Å². The Hall–Kier alpha value is -3.12. The molecule has 0 N–H and O–H groups in total. The fourth-order valence-electron chi connectivity index (χ4n) is 4.57. The average Bonchev–Trinajstić information content (AvgIpc) is 3.52. The van der Waals surface area contributed by atoms with Crippen molar-refractivity contribution in [1.82, 2.24) is 15.1 Å². The molecule has 2 unspecified atom stereocenters. The fraction of sp³-hybridized carbons (Fsp3) is 0.407. The summed E-state index contributed by atoms with van der Waals surface area (Å²) in [6, 6.07) is 17.2. The van der Waals surface area contributed by atoms with Crippen LogP contribution >= 0.6 is 0 Å². The van der Waals surface area contributed by atoms with E-state index in [-0.39, 0.29) is 6.10 Å². The molecule has 6 nitrogen and oxygen atoms in total. The molecule has 0 saturated carbocycles. The van der Waals surface area contributed by atoms with E-state index in [2.05, 4.69) is 82.6 Å². The number of likely N-dealkylation sites (N-methyl/N-ethyl adjacent to an activating group) is 1. The van der Waals surface area contributed by atoms with Gasteiger partial charge in [0.05, 0.1) is 6.42 Å². The molecule has 6 heteroatoms. The smallest absolute Gasteiger partial charge is 0.247 e. The number of hydrogen-bond acceptors (Lipinski definition) is 6. The lowest BCUT2D eigenvalue weighted by Gasteiger charge is -2.21. The van der Waals surface area contributed by atoms with Crippen molar-refractivity contribution in [3.8, 4) is 17.2 Å². The second-order valence-electron chi connectivity index (χ2n) is 9.24. The highest BCUT2D eigenvalue weighted by Gasteiger charge is 2.24. The van der Waals surface area contributed by atoms with Crippen LogP contribution in [-0.4, -0.2) is 54.4 Å². The first-order valence-corrected chi connectivity index (χ1v) is 11.9. The lowest BCUT2D eigenvalue weighted by molar-refractivity contribution is 0.230. The monoisotopic (exact) mass is 444 g/mol. The summed E-state index contributed by atoms with van der Waals surface area (Å²) in [4.78, 5) is 4.74. The predicted molar refractivity (Wildman–Crippen MR) is 131 cm³/mol. The molecule has 1 fully saturated rings. The van der Waals surface area contributed by atoms with Gasteiger partial charge in [-0.1, -0.05) is 18.2 Å². The Morgan fingerprint density at radius 1 is 1.03 bits per heavy atom. The van der Waals surface area contributed by atoms with Crippen molar-refractivity contribution in [3.63, 3.8) is 0 Å². The highest BCUT2D eigenvalue weighted by molar-refractivity contribution is 5.59. The molecule has 172 valence electrons. The van der Waals surface area contributed by atoms with Crippen LogP contribution in [0.2, 0.25) is 0 Å². The SMILES string of the molecule is CN(C)C1CCN(c2ccc(-c3nnc(Cc4ccc(OC5C=CCCC5)cc4)o3)cc2)C1. The second kappa shape index (κ2) is 9.79. The number of ether oxygens (including phenoxy) is 1. The molecule has 2 atom stereocenters. The number of anilines is 1. The van der Waals surface area contributed by atoms with Gasteiger partial charge in [-0.05, 0) is 87.8 Å². The van der Waals surface area contributed by atoms with Crippen LogP contribution in [0.5, 0.6) is 5.75 Å². The highest BCUT2D eigenvalue weighted by Crippen LogP contribution is 2.26. The van der Waals surface area contributed by atoms with Crippen LogP contribution in [0.3, 0.4) is 0 Å². The predicted octanol–water partition coefficient (Wildman–Crippen LogP) is 4.96. The molecular weight excluding hydrogens is 412 g/mol. The third-order valence-electron chi connectivity index (χ3n) is 6.62. The van der Waals surface area contributed by atoms with E-state index in [0.717, 1.165) is 42.8 Å². The standard InChI is InChI=1S/C27H32N4O2/c1-30(2)23-16-17-31(19-23)22-12-10-21(11-13-22)27-29-28-26(33-27)18-20-8-14-25(15-9-20)32-24-6-4-3-5-7-24/h4,6,8-15,23-24H,3,5,7,16-19H2,1-2H3. The molecule has 2 heterocycles. The summed E-state index contributed by atoms with van der Waals surface area (Å²) in [5.41, 5.74) is 3.32. The lowest BCUT2D eigenvalue weighted by Crippen LogP contribution is -2.31. The Morgan fingerprint density at radius 2 is 1.85 bits per heavy atom. The van der Waals surface area contributed by atoms with Gasteiger partial charge in [-0.2, -0.15) is 0 Å². The average molecular weight is 445 g/mol. The zero-order valence-electron chi connectivity index (χ0n) is 19.5. The number of rotatable bonds is 7. The molecule has 5 rings (SSSR count). The maximum absolute atomic E-state index is 6.04. The maximum atomic E-state index is 6.04. The largest absolute Gasteiger partial charge is 0.486 e. The van der Waals surface area contributed by atoms with Gasteiger partial charge in [-0.25, -0.2) is 0 Å². The van der Waals surface area contributed by atoms with Crippen LogP contribution in [0, 0.1) is 0 Å². The number of aromatic nitrogens is 2. The van der Waals surface area contributed by atoms with Crippen molar-refractivity contribution < 1.29 is 9.15 Å². The Bertz CT molecular complexity index is 1070. The van der Waals surface area contributed by atoms with E-state index in [9.17, 15) is 0 Å². The van der Waals surface area contributed by atoms with Crippen molar-refractivity contribution in [2.75, 3.05) is 32.1 Å². The molecule has 0 spiro atoms. The molecule has 2 aliphatic rings. The minimum Gasteiger partial charge on any atom is -0.486 e. The molecule has 3 aromatic rings. The van der Waals surface area contributed by atoms with Crippen LogP contribution < -0.4 is 9.64 Å². The van der Waals surface area contributed by atoms with Crippen LogP contribution in [-0.2, 0) is 6.42 Å². The summed E-state index contributed by atoms with van der Waals surface area (Å²) in [5.74, 6) is 2.08. The Labute approximate surface area is 195 Å². The van der Waals surface area contributed by atoms with Crippen molar-refractivity contribution >= 4 is 5.69 Å². The summed E-state index contributed by atoms with van der Waals surface area (Å²) in [6.07, 6.45) is 9.79. The van der Waals surface area contributed by atoms with Gasteiger partial charge in [0.1, 0.15) is 11.9 Å². The van der Waals surface area contributed by atoms with Gasteiger partial charge in [0.25, 0.3) is 0 Å². The van der Waals surface area contributed by atoms with E-state index < -0.39 is 0 Å². The molecule has 1 aromatic heterocycles. The molecule has 1 saturated heterocycles. The van der Waals surface area contributed by atoms with Gasteiger partial charge in [-0.15, -0.1) is 10.2 Å². The summed E-state index contributed by atoms with van der Waals surface area (Å²) < 4.78 is 12.0. The first-order chi connectivity index (χ1) is 16.1. The van der Waals surface area contributed by atoms with Crippen LogP contribution in [0.15, 0.2) is 65.1 Å². The third kappa shape index (κ3) is 5.28. The lowest BCUT2D eigenvalue weighted by atomic mass is 10.1. The molecule has 33 heavy (non-hydrogen) atoms. The van der Waals surface area contributed by atoms with E-state index in [1.807, 2.05) is 12.1 Å². The fourth-order valence-corrected chi connectivity index (χ4v) is 4.57. The van der Waals surface area contributed by atoms with E-state index >= 15 is 0 Å². The molecule has 0 radical (unpaired) electrons. The molecule has 1 aliphatic carbocycles. The Kier molecular flexibility index (Phi) is 6.44. The molecule has 2 aromatic carbocycles. The summed E-state index contributed by atoms with van der Waals surface area (Å²) in [5, 5.41) is 8.53. The number of benzene rings is 2. The van der Waals surface area contributed by atoms with Crippen LogP contribution in [0.1, 0.15) is 37.1 Å². The highest BCUT2D eigenvalue weighted by atomic mass is 16.5. The van der Waals surface area contributed by atoms with E-state index in [4.69, 9.17) is 9.15 Å².